The highest BCUT2D eigenvalue weighted by atomic mass is 16.2. The number of nitrogens with zero attached hydrogens (tertiary/aromatic N) is 2. The molecule has 1 aromatic heterocycles. The molecule has 1 aliphatic carbocycles. The number of hydrogen-bond acceptors (Lipinski definition) is 6. The number of ketones is 1. The van der Waals surface area contributed by atoms with Crippen LogP contribution in [0, 0.1) is 28.6 Å². The van der Waals surface area contributed by atoms with Gasteiger partial charge in [-0.1, -0.05) is 74.0 Å². The number of piperidine rings is 1. The van der Waals surface area contributed by atoms with E-state index < -0.39 is 59.1 Å². The van der Waals surface area contributed by atoms with Crippen LogP contribution in [0.4, 0.5) is 4.79 Å². The van der Waals surface area contributed by atoms with Crippen molar-refractivity contribution in [2.75, 3.05) is 13.1 Å². The maximum Gasteiger partial charge on any atom is 0.315 e. The van der Waals surface area contributed by atoms with Gasteiger partial charge in [-0.05, 0) is 41.1 Å². The predicted octanol–water partition coefficient (Wildman–Crippen LogP) is 2.23. The topological polar surface area (TPSA) is 159 Å². The van der Waals surface area contributed by atoms with Crippen LogP contribution in [0.5, 0.6) is 0 Å². The Morgan fingerprint density at radius 1 is 1.09 bits per heavy atom. The second-order valence-corrected chi connectivity index (χ2v) is 14.6. The van der Waals surface area contributed by atoms with Crippen LogP contribution in [-0.4, -0.2) is 76.3 Å². The zero-order valence-electron chi connectivity index (χ0n) is 28.5. The fourth-order valence-electron chi connectivity index (χ4n) is 6.44. The summed E-state index contributed by atoms with van der Waals surface area (Å²) >= 11 is 0. The third kappa shape index (κ3) is 8.24. The van der Waals surface area contributed by atoms with Crippen LogP contribution in [0.25, 0.3) is 0 Å². The average Bonchev–Trinajstić information content (AvgIpc) is 3.28. The first kappa shape index (κ1) is 36.5. The summed E-state index contributed by atoms with van der Waals surface area (Å²) in [6.07, 6.45) is 3.94. The molecular formula is C34H52N6O6. The number of nitrogens with one attached hydrogen (secondary N) is 4. The van der Waals surface area contributed by atoms with Crippen molar-refractivity contribution in [2.45, 2.75) is 98.9 Å². The Kier molecular flexibility index (Phi) is 11.6. The smallest absolute Gasteiger partial charge is 0.315 e. The first-order valence-corrected chi connectivity index (χ1v) is 16.2. The third-order valence-electron chi connectivity index (χ3n) is 9.40. The number of Topliss-reactive ketones (excluding diaryl/α,β-unsaturated/α-hetero) is 1. The molecule has 254 valence electrons. The Bertz CT molecular complexity index is 1380. The summed E-state index contributed by atoms with van der Waals surface area (Å²) < 4.78 is 1.53. The van der Waals surface area contributed by atoms with E-state index in [1.165, 1.54) is 21.6 Å². The average molecular weight is 641 g/mol. The molecule has 5 amide bonds. The first-order valence-electron chi connectivity index (χ1n) is 16.2. The molecule has 3 rings (SSSR count). The van der Waals surface area contributed by atoms with E-state index >= 15 is 0 Å². The molecule has 2 unspecified atom stereocenters. The predicted molar refractivity (Wildman–Crippen MR) is 176 cm³/mol. The molecule has 2 fully saturated rings. The molecule has 1 saturated carbocycles. The molecule has 0 aromatic carbocycles. The SMILES string of the molecule is C=CCNC(=O)C(=O)C(CCC)NC(=O)C1[C@@H]2[C@H](CN1C(=O)[C@@H](NC(=O)N[C@H](Cn1ccccc1=O)C(C)C)C(C)(C)C)C2(C)C. The third-order valence-corrected chi connectivity index (χ3v) is 9.40. The molecule has 1 aromatic rings. The minimum Gasteiger partial charge on any atom is -0.346 e. The molecule has 0 spiro atoms. The van der Waals surface area contributed by atoms with E-state index in [1.807, 2.05) is 41.5 Å². The van der Waals surface area contributed by atoms with Crippen LogP contribution in [0.3, 0.4) is 0 Å². The van der Waals surface area contributed by atoms with Gasteiger partial charge in [-0.3, -0.25) is 24.0 Å². The van der Waals surface area contributed by atoms with E-state index in [9.17, 15) is 28.8 Å². The highest BCUT2D eigenvalue weighted by Gasteiger charge is 2.69. The minimum absolute atomic E-state index is 0.0136. The maximum absolute atomic E-state index is 14.3. The minimum atomic E-state index is -1.03. The molecule has 2 heterocycles. The van der Waals surface area contributed by atoms with E-state index in [1.54, 1.807) is 18.3 Å². The highest BCUT2D eigenvalue weighted by Crippen LogP contribution is 2.65. The second-order valence-electron chi connectivity index (χ2n) is 14.6. The number of pyridine rings is 1. The Balaban J connectivity index is 1.81. The quantitative estimate of drug-likeness (QED) is 0.180. The van der Waals surface area contributed by atoms with Gasteiger partial charge in [-0.25, -0.2) is 4.79 Å². The van der Waals surface area contributed by atoms with Crippen LogP contribution in [0.2, 0.25) is 0 Å². The molecule has 12 nitrogen and oxygen atoms in total. The Hall–Kier alpha value is -3.96. The van der Waals surface area contributed by atoms with Crippen molar-refractivity contribution in [1.82, 2.24) is 30.7 Å². The second kappa shape index (κ2) is 14.6. The molecule has 4 N–H and O–H groups in total. The molecule has 6 atom stereocenters. The van der Waals surface area contributed by atoms with Gasteiger partial charge in [0.25, 0.3) is 11.5 Å². The van der Waals surface area contributed by atoms with E-state index in [-0.39, 0.29) is 48.2 Å². The maximum atomic E-state index is 14.3. The van der Waals surface area contributed by atoms with Crippen LogP contribution in [0.15, 0.2) is 41.8 Å². The van der Waals surface area contributed by atoms with Crippen LogP contribution < -0.4 is 26.8 Å². The lowest BCUT2D eigenvalue weighted by Gasteiger charge is -2.38. The van der Waals surface area contributed by atoms with Crippen molar-refractivity contribution in [3.8, 4) is 0 Å². The molecular weight excluding hydrogens is 588 g/mol. The fourth-order valence-corrected chi connectivity index (χ4v) is 6.44. The molecule has 12 heteroatoms. The van der Waals surface area contributed by atoms with E-state index in [4.69, 9.17) is 0 Å². The van der Waals surface area contributed by atoms with Gasteiger partial charge in [0.15, 0.2) is 0 Å². The number of aromatic nitrogens is 1. The summed E-state index contributed by atoms with van der Waals surface area (Å²) in [5.41, 5.74) is -1.09. The number of fused-ring (bicyclic) bond motifs is 1. The number of carbonyl (C=O) groups excluding carboxylic acids is 5. The molecule has 1 aliphatic heterocycles. The summed E-state index contributed by atoms with van der Waals surface area (Å²) in [7, 11) is 0. The summed E-state index contributed by atoms with van der Waals surface area (Å²) in [5.74, 6) is -2.50. The number of amides is 5. The standard InChI is InChI=1S/C34H52N6O6/c1-10-14-22(27(42)30(44)35-16-11-2)36-29(43)26-25-21(34(25,8)9)18-40(26)31(45)28(33(5,6)7)38-32(46)37-23(20(3)4)19-39-17-13-12-15-24(39)41/h11-13,15,17,20-23,25-26,28H,2,10,14,16,18-19H2,1,3-9H3,(H,35,44)(H,36,43)(H2,37,38,46)/t21-,22?,23+,25-,26?,28+/m0/s1. The van der Waals surface area contributed by atoms with Gasteiger partial charge >= 0.3 is 6.03 Å². The van der Waals surface area contributed by atoms with Crippen molar-refractivity contribution < 1.29 is 24.0 Å². The van der Waals surface area contributed by atoms with Crippen molar-refractivity contribution in [1.29, 1.82) is 0 Å². The van der Waals surface area contributed by atoms with Gasteiger partial charge in [0.2, 0.25) is 17.6 Å². The van der Waals surface area contributed by atoms with E-state index in [0.717, 1.165) is 0 Å². The summed E-state index contributed by atoms with van der Waals surface area (Å²) in [6, 6.07) is 1.03. The highest BCUT2D eigenvalue weighted by molar-refractivity contribution is 6.38. The van der Waals surface area contributed by atoms with Gasteiger partial charge in [-0.15, -0.1) is 6.58 Å². The van der Waals surface area contributed by atoms with E-state index in [0.29, 0.717) is 13.0 Å². The molecule has 1 saturated heterocycles. The molecule has 0 radical (unpaired) electrons. The first-order chi connectivity index (χ1) is 21.4. The van der Waals surface area contributed by atoms with Crippen molar-refractivity contribution in [2.24, 2.45) is 28.6 Å². The zero-order chi connectivity index (χ0) is 34.6. The summed E-state index contributed by atoms with van der Waals surface area (Å²) in [4.78, 5) is 80.7. The lowest BCUT2D eigenvalue weighted by molar-refractivity contribution is -0.145. The molecule has 0 bridgehead atoms. The largest absolute Gasteiger partial charge is 0.346 e. The number of urea groups is 1. The van der Waals surface area contributed by atoms with Crippen molar-refractivity contribution >= 4 is 29.5 Å². The van der Waals surface area contributed by atoms with Gasteiger partial charge in [0.1, 0.15) is 12.1 Å². The van der Waals surface area contributed by atoms with Crippen LogP contribution in [-0.2, 0) is 25.7 Å². The number of rotatable bonds is 14. The van der Waals surface area contributed by atoms with Crippen molar-refractivity contribution in [3.05, 3.63) is 47.4 Å². The molecule has 2 aliphatic rings. The van der Waals surface area contributed by atoms with Crippen molar-refractivity contribution in [3.63, 3.8) is 0 Å². The van der Waals surface area contributed by atoms with Gasteiger partial charge in [-0.2, -0.15) is 0 Å². The normalized spacial score (nSPS) is 21.8. The van der Waals surface area contributed by atoms with Gasteiger partial charge in [0, 0.05) is 31.9 Å². The van der Waals surface area contributed by atoms with Gasteiger partial charge < -0.3 is 30.7 Å². The van der Waals surface area contributed by atoms with Crippen LogP contribution >= 0.6 is 0 Å². The Labute approximate surface area is 272 Å². The van der Waals surface area contributed by atoms with Crippen LogP contribution in [0.1, 0.15) is 68.2 Å². The lowest BCUT2D eigenvalue weighted by atomic mass is 9.85. The van der Waals surface area contributed by atoms with E-state index in [2.05, 4.69) is 41.7 Å². The lowest BCUT2D eigenvalue weighted by Crippen LogP contribution is -2.62. The number of likely N-dealkylation sites (tertiary alicyclic amines) is 1. The Morgan fingerprint density at radius 3 is 2.33 bits per heavy atom. The summed E-state index contributed by atoms with van der Waals surface area (Å²) in [6.45, 7) is 19.6. The Morgan fingerprint density at radius 2 is 1.76 bits per heavy atom. The zero-order valence-corrected chi connectivity index (χ0v) is 28.5. The monoisotopic (exact) mass is 640 g/mol. The fraction of sp³-hybridized carbons (Fsp3) is 0.647. The number of carbonyl (C=O) groups is 5. The number of hydrogen-bond donors (Lipinski definition) is 4. The van der Waals surface area contributed by atoms with Gasteiger partial charge in [0.05, 0.1) is 12.1 Å². The summed E-state index contributed by atoms with van der Waals surface area (Å²) in [5, 5.41) is 11.1. The molecule has 46 heavy (non-hydrogen) atoms.